The highest BCUT2D eigenvalue weighted by molar-refractivity contribution is 5.88. The Hall–Kier alpha value is -1.35. The van der Waals surface area contributed by atoms with E-state index in [-0.39, 0.29) is 5.92 Å². The number of Topliss-reactive ketones (excluding diaryl/α,β-unsaturated/α-hetero) is 1. The van der Waals surface area contributed by atoms with Gasteiger partial charge in [0.25, 0.3) is 0 Å². The van der Waals surface area contributed by atoms with Crippen molar-refractivity contribution < 1.29 is 9.53 Å². The highest BCUT2D eigenvalue weighted by Crippen LogP contribution is 2.32. The maximum Gasteiger partial charge on any atom is 0.154 e. The van der Waals surface area contributed by atoms with Crippen LogP contribution in [0.4, 0.5) is 0 Å². The number of methoxy groups -OCH3 is 1. The van der Waals surface area contributed by atoms with Crippen LogP contribution in [-0.2, 0) is 4.79 Å². The number of ketones is 1. The minimum Gasteiger partial charge on any atom is -0.496 e. The van der Waals surface area contributed by atoms with E-state index < -0.39 is 0 Å². The Morgan fingerprint density at radius 2 is 2.18 bits per heavy atom. The molecule has 0 amide bonds. The monoisotopic (exact) mass is 233 g/mol. The lowest BCUT2D eigenvalue weighted by atomic mass is 9.87. The van der Waals surface area contributed by atoms with Crippen molar-refractivity contribution in [2.45, 2.75) is 19.3 Å². The zero-order chi connectivity index (χ0) is 12.4. The van der Waals surface area contributed by atoms with Crippen molar-refractivity contribution in [1.82, 2.24) is 4.90 Å². The van der Waals surface area contributed by atoms with E-state index in [4.69, 9.17) is 4.74 Å². The van der Waals surface area contributed by atoms with Crippen LogP contribution < -0.4 is 4.74 Å². The first-order chi connectivity index (χ1) is 8.11. The summed E-state index contributed by atoms with van der Waals surface area (Å²) in [4.78, 5) is 14.2. The number of nitrogens with zero attached hydrogens (tertiary/aromatic N) is 1. The summed E-state index contributed by atoms with van der Waals surface area (Å²) in [6, 6.07) is 6.05. The third kappa shape index (κ3) is 2.50. The van der Waals surface area contributed by atoms with E-state index in [1.54, 1.807) is 7.11 Å². The van der Waals surface area contributed by atoms with Crippen molar-refractivity contribution in [3.8, 4) is 5.75 Å². The molecule has 0 aliphatic carbocycles. The predicted octanol–water partition coefficient (Wildman–Crippen LogP) is 1.99. The SMILES string of the molecule is COc1ccc(C)cc1C1CCN(C)CC1=O. The van der Waals surface area contributed by atoms with Gasteiger partial charge in [-0.2, -0.15) is 0 Å². The number of likely N-dealkylation sites (N-methyl/N-ethyl adjacent to an activating group) is 1. The number of hydrogen-bond donors (Lipinski definition) is 0. The van der Waals surface area contributed by atoms with Gasteiger partial charge in [0.05, 0.1) is 13.7 Å². The fourth-order valence-electron chi connectivity index (χ4n) is 2.42. The minimum atomic E-state index is 0.000972. The van der Waals surface area contributed by atoms with Gasteiger partial charge in [-0.05, 0) is 33.0 Å². The first-order valence-corrected chi connectivity index (χ1v) is 5.97. The lowest BCUT2D eigenvalue weighted by Gasteiger charge is -2.28. The molecule has 17 heavy (non-hydrogen) atoms. The van der Waals surface area contributed by atoms with Crippen molar-refractivity contribution in [2.75, 3.05) is 27.2 Å². The second kappa shape index (κ2) is 4.88. The molecule has 0 aromatic heterocycles. The number of ether oxygens (including phenoxy) is 1. The van der Waals surface area contributed by atoms with Crippen molar-refractivity contribution in [3.05, 3.63) is 29.3 Å². The van der Waals surface area contributed by atoms with E-state index in [0.29, 0.717) is 12.3 Å². The Bertz CT molecular complexity index is 428. The van der Waals surface area contributed by atoms with E-state index >= 15 is 0 Å². The molecule has 0 spiro atoms. The number of carbonyl (C=O) groups excluding carboxylic acids is 1. The molecule has 0 saturated carbocycles. The van der Waals surface area contributed by atoms with Crippen LogP contribution in [-0.4, -0.2) is 37.9 Å². The zero-order valence-corrected chi connectivity index (χ0v) is 10.7. The third-order valence-corrected chi connectivity index (χ3v) is 3.37. The molecule has 1 aliphatic heterocycles. The average Bonchev–Trinajstić information content (AvgIpc) is 2.29. The zero-order valence-electron chi connectivity index (χ0n) is 10.7. The largest absolute Gasteiger partial charge is 0.496 e. The normalized spacial score (nSPS) is 21.6. The number of carbonyl (C=O) groups is 1. The molecule has 1 heterocycles. The molecule has 1 aliphatic rings. The first-order valence-electron chi connectivity index (χ1n) is 5.97. The summed E-state index contributed by atoms with van der Waals surface area (Å²) in [5.41, 5.74) is 2.22. The Labute approximate surface area is 102 Å². The molecule has 0 radical (unpaired) electrons. The topological polar surface area (TPSA) is 29.5 Å². The molecule has 1 atom stereocenters. The van der Waals surface area contributed by atoms with E-state index in [2.05, 4.69) is 11.0 Å². The molecule has 2 rings (SSSR count). The lowest BCUT2D eigenvalue weighted by Crippen LogP contribution is -2.37. The van der Waals surface area contributed by atoms with Gasteiger partial charge in [-0.1, -0.05) is 17.7 Å². The third-order valence-electron chi connectivity index (χ3n) is 3.37. The van der Waals surface area contributed by atoms with E-state index in [1.165, 1.54) is 5.56 Å². The molecule has 92 valence electrons. The summed E-state index contributed by atoms with van der Waals surface area (Å²) in [5.74, 6) is 1.13. The van der Waals surface area contributed by atoms with Gasteiger partial charge in [0, 0.05) is 11.5 Å². The van der Waals surface area contributed by atoms with Crippen molar-refractivity contribution >= 4 is 5.78 Å². The number of rotatable bonds is 2. The Balaban J connectivity index is 2.32. The van der Waals surface area contributed by atoms with Crippen LogP contribution in [0, 0.1) is 6.92 Å². The second-order valence-electron chi connectivity index (χ2n) is 4.79. The van der Waals surface area contributed by atoms with Crippen LogP contribution in [0.25, 0.3) is 0 Å². The van der Waals surface area contributed by atoms with Gasteiger partial charge in [0.1, 0.15) is 5.75 Å². The minimum absolute atomic E-state index is 0.000972. The molecule has 1 saturated heterocycles. The summed E-state index contributed by atoms with van der Waals surface area (Å²) < 4.78 is 5.36. The molecule has 3 nitrogen and oxygen atoms in total. The second-order valence-corrected chi connectivity index (χ2v) is 4.79. The summed E-state index contributed by atoms with van der Waals surface area (Å²) >= 11 is 0. The van der Waals surface area contributed by atoms with Crippen LogP contribution in [0.2, 0.25) is 0 Å². The van der Waals surface area contributed by atoms with E-state index in [0.717, 1.165) is 24.3 Å². The molecule has 1 aromatic carbocycles. The molecule has 0 bridgehead atoms. The van der Waals surface area contributed by atoms with E-state index in [9.17, 15) is 4.79 Å². The smallest absolute Gasteiger partial charge is 0.154 e. The number of piperidine rings is 1. The Kier molecular flexibility index (Phi) is 3.48. The molecular formula is C14H19NO2. The van der Waals surface area contributed by atoms with Crippen LogP contribution in [0.5, 0.6) is 5.75 Å². The molecule has 1 unspecified atom stereocenters. The highest BCUT2D eigenvalue weighted by Gasteiger charge is 2.28. The van der Waals surface area contributed by atoms with Gasteiger partial charge in [-0.25, -0.2) is 0 Å². The maximum absolute atomic E-state index is 12.1. The van der Waals surface area contributed by atoms with Crippen molar-refractivity contribution in [3.63, 3.8) is 0 Å². The first kappa shape index (κ1) is 12.1. The molecule has 1 fully saturated rings. The van der Waals surface area contributed by atoms with Crippen LogP contribution in [0.15, 0.2) is 18.2 Å². The summed E-state index contributed by atoms with van der Waals surface area (Å²) in [6.45, 7) is 3.55. The number of hydrogen-bond acceptors (Lipinski definition) is 3. The highest BCUT2D eigenvalue weighted by atomic mass is 16.5. The van der Waals surface area contributed by atoms with Crippen LogP contribution >= 0.6 is 0 Å². The summed E-state index contributed by atoms with van der Waals surface area (Å²) in [6.07, 6.45) is 0.884. The summed E-state index contributed by atoms with van der Waals surface area (Å²) in [7, 11) is 3.65. The fourth-order valence-corrected chi connectivity index (χ4v) is 2.42. The number of aryl methyl sites for hydroxylation is 1. The van der Waals surface area contributed by atoms with Crippen molar-refractivity contribution in [1.29, 1.82) is 0 Å². The quantitative estimate of drug-likeness (QED) is 0.782. The Morgan fingerprint density at radius 3 is 2.82 bits per heavy atom. The van der Waals surface area contributed by atoms with Crippen LogP contribution in [0.3, 0.4) is 0 Å². The van der Waals surface area contributed by atoms with Gasteiger partial charge in [-0.15, -0.1) is 0 Å². The van der Waals surface area contributed by atoms with E-state index in [1.807, 2.05) is 26.1 Å². The van der Waals surface area contributed by atoms with Crippen LogP contribution in [0.1, 0.15) is 23.5 Å². The van der Waals surface area contributed by atoms with Gasteiger partial charge in [-0.3, -0.25) is 9.69 Å². The molecular weight excluding hydrogens is 214 g/mol. The van der Waals surface area contributed by atoms with Gasteiger partial charge < -0.3 is 4.74 Å². The molecule has 0 N–H and O–H groups in total. The number of likely N-dealkylation sites (tertiary alicyclic amines) is 1. The lowest BCUT2D eigenvalue weighted by molar-refractivity contribution is -0.123. The average molecular weight is 233 g/mol. The predicted molar refractivity (Wildman–Crippen MR) is 67.6 cm³/mol. The fraction of sp³-hybridized carbons (Fsp3) is 0.500. The number of benzene rings is 1. The molecule has 1 aromatic rings. The van der Waals surface area contributed by atoms with Gasteiger partial charge in [0.2, 0.25) is 0 Å². The maximum atomic E-state index is 12.1. The molecule has 3 heteroatoms. The Morgan fingerprint density at radius 1 is 1.41 bits per heavy atom. The van der Waals surface area contributed by atoms with Gasteiger partial charge in [0.15, 0.2) is 5.78 Å². The summed E-state index contributed by atoms with van der Waals surface area (Å²) in [5, 5.41) is 0. The van der Waals surface area contributed by atoms with Crippen molar-refractivity contribution in [2.24, 2.45) is 0 Å². The standard InChI is InChI=1S/C14H19NO2/c1-10-4-5-14(17-3)12(8-10)11-6-7-15(2)9-13(11)16/h4-5,8,11H,6-7,9H2,1-3H3. The van der Waals surface area contributed by atoms with Gasteiger partial charge >= 0.3 is 0 Å².